The van der Waals surface area contributed by atoms with Crippen LogP contribution in [0.25, 0.3) is 0 Å². The quantitative estimate of drug-likeness (QED) is 0.806. The first-order valence-corrected chi connectivity index (χ1v) is 8.96. The van der Waals surface area contributed by atoms with E-state index in [-0.39, 0.29) is 11.6 Å². The predicted molar refractivity (Wildman–Crippen MR) is 102 cm³/mol. The number of carbonyl (C=O) groups is 1. The van der Waals surface area contributed by atoms with Crippen molar-refractivity contribution in [3.05, 3.63) is 68.5 Å². The fraction of sp³-hybridized carbons (Fsp3) is 0.400. The summed E-state index contributed by atoms with van der Waals surface area (Å²) in [5.41, 5.74) is -0.547. The number of nitrogens with zero attached hydrogens (tertiary/aromatic N) is 3. The summed E-state index contributed by atoms with van der Waals surface area (Å²) >= 11 is 0. The van der Waals surface area contributed by atoms with Gasteiger partial charge in [0.1, 0.15) is 18.2 Å². The van der Waals surface area contributed by atoms with Crippen molar-refractivity contribution < 1.29 is 4.79 Å². The van der Waals surface area contributed by atoms with Crippen molar-refractivity contribution in [1.82, 2.24) is 14.5 Å². The number of rotatable bonds is 7. The van der Waals surface area contributed by atoms with Crippen LogP contribution in [0.4, 0.5) is 0 Å². The third-order valence-corrected chi connectivity index (χ3v) is 4.24. The molecular formula is C20H24N4O3. The molecule has 7 nitrogen and oxygen atoms in total. The number of hydrogen-bond donors (Lipinski definition) is 1. The van der Waals surface area contributed by atoms with Crippen molar-refractivity contribution in [2.45, 2.75) is 46.3 Å². The average Bonchev–Trinajstić information content (AvgIpc) is 2.65. The van der Waals surface area contributed by atoms with Crippen LogP contribution in [-0.2, 0) is 17.9 Å². The summed E-state index contributed by atoms with van der Waals surface area (Å²) in [7, 11) is 0. The Hall–Kier alpha value is -3.14. The minimum Gasteiger partial charge on any atom is -0.348 e. The molecule has 2 aromatic rings. The van der Waals surface area contributed by atoms with Gasteiger partial charge in [-0.1, -0.05) is 44.2 Å². The summed E-state index contributed by atoms with van der Waals surface area (Å²) in [5, 5.41) is 12.0. The van der Waals surface area contributed by atoms with E-state index >= 15 is 0 Å². The molecule has 0 bridgehead atoms. The van der Waals surface area contributed by atoms with Gasteiger partial charge in [-0.2, -0.15) is 5.26 Å². The molecule has 0 radical (unpaired) electrons. The topological polar surface area (TPSA) is 96.9 Å². The van der Waals surface area contributed by atoms with E-state index in [2.05, 4.69) is 19.2 Å². The Labute approximate surface area is 157 Å². The van der Waals surface area contributed by atoms with Crippen LogP contribution in [0.1, 0.15) is 44.4 Å². The third-order valence-electron chi connectivity index (χ3n) is 4.24. The highest BCUT2D eigenvalue weighted by molar-refractivity contribution is 5.76. The Morgan fingerprint density at radius 3 is 2.44 bits per heavy atom. The lowest BCUT2D eigenvalue weighted by atomic mass is 9.97. The van der Waals surface area contributed by atoms with Gasteiger partial charge in [-0.05, 0) is 24.8 Å². The van der Waals surface area contributed by atoms with Gasteiger partial charge >= 0.3 is 5.69 Å². The molecule has 0 spiro atoms. The zero-order valence-electron chi connectivity index (χ0n) is 15.8. The van der Waals surface area contributed by atoms with E-state index in [4.69, 9.17) is 5.26 Å². The van der Waals surface area contributed by atoms with Crippen LogP contribution in [0.3, 0.4) is 0 Å². The van der Waals surface area contributed by atoms with Gasteiger partial charge in [-0.15, -0.1) is 0 Å². The second-order valence-electron chi connectivity index (χ2n) is 6.77. The first-order valence-electron chi connectivity index (χ1n) is 8.96. The number of benzene rings is 1. The first kappa shape index (κ1) is 20.2. The van der Waals surface area contributed by atoms with Gasteiger partial charge in [0.2, 0.25) is 5.91 Å². The van der Waals surface area contributed by atoms with Crippen molar-refractivity contribution in [1.29, 1.82) is 5.26 Å². The normalized spacial score (nSPS) is 11.8. The molecule has 0 saturated heterocycles. The maximum atomic E-state index is 12.6. The minimum atomic E-state index is -0.748. The largest absolute Gasteiger partial charge is 0.348 e. The number of nitrogens with one attached hydrogen (secondary N) is 1. The van der Waals surface area contributed by atoms with Crippen LogP contribution < -0.4 is 16.6 Å². The van der Waals surface area contributed by atoms with E-state index in [0.29, 0.717) is 12.5 Å². The highest BCUT2D eigenvalue weighted by Crippen LogP contribution is 2.20. The lowest BCUT2D eigenvalue weighted by Crippen LogP contribution is -2.45. The van der Waals surface area contributed by atoms with Gasteiger partial charge in [0.25, 0.3) is 5.56 Å². The molecule has 142 valence electrons. The van der Waals surface area contributed by atoms with Crippen LogP contribution >= 0.6 is 0 Å². The summed E-state index contributed by atoms with van der Waals surface area (Å²) < 4.78 is 2.06. The standard InChI is InChI=1S/C20H24N4O3/c1-4-23-12-16(11-21)19(26)24(20(23)27)13-18(25)22-17(10-14(2)3)15-8-6-5-7-9-15/h5-9,12,14,17H,4,10,13H2,1-3H3,(H,22,25)/t17-/m0/s1. The molecule has 0 saturated carbocycles. The second kappa shape index (κ2) is 8.99. The number of hydrogen-bond acceptors (Lipinski definition) is 4. The van der Waals surface area contributed by atoms with Gasteiger partial charge in [-0.3, -0.25) is 14.2 Å². The predicted octanol–water partition coefficient (Wildman–Crippen LogP) is 1.81. The Kier molecular flexibility index (Phi) is 6.72. The zero-order valence-corrected chi connectivity index (χ0v) is 15.8. The summed E-state index contributed by atoms with van der Waals surface area (Å²) in [5.74, 6) is -0.0982. The molecule has 2 rings (SSSR count). The Balaban J connectivity index is 2.30. The third kappa shape index (κ3) is 4.94. The summed E-state index contributed by atoms with van der Waals surface area (Å²) in [4.78, 5) is 37.3. The fourth-order valence-corrected chi connectivity index (χ4v) is 2.91. The second-order valence-corrected chi connectivity index (χ2v) is 6.77. The highest BCUT2D eigenvalue weighted by Gasteiger charge is 2.18. The summed E-state index contributed by atoms with van der Waals surface area (Å²) in [6, 6.07) is 11.1. The monoisotopic (exact) mass is 368 g/mol. The number of aromatic nitrogens is 2. The zero-order chi connectivity index (χ0) is 20.0. The van der Waals surface area contributed by atoms with Crippen LogP contribution in [0.5, 0.6) is 0 Å². The maximum absolute atomic E-state index is 12.6. The molecule has 7 heteroatoms. The van der Waals surface area contributed by atoms with E-state index < -0.39 is 23.7 Å². The molecule has 27 heavy (non-hydrogen) atoms. The smallest absolute Gasteiger partial charge is 0.331 e. The van der Waals surface area contributed by atoms with E-state index in [9.17, 15) is 14.4 Å². The fourth-order valence-electron chi connectivity index (χ4n) is 2.91. The number of nitriles is 1. The van der Waals surface area contributed by atoms with Gasteiger partial charge in [0, 0.05) is 12.7 Å². The number of aryl methyl sites for hydroxylation is 1. The lowest BCUT2D eigenvalue weighted by Gasteiger charge is -2.21. The first-order chi connectivity index (χ1) is 12.9. The molecule has 1 N–H and O–H groups in total. The lowest BCUT2D eigenvalue weighted by molar-refractivity contribution is -0.122. The number of amides is 1. The molecule has 0 unspecified atom stereocenters. The molecule has 1 atom stereocenters. The molecule has 0 aliphatic rings. The minimum absolute atomic E-state index is 0.161. The molecule has 1 aromatic heterocycles. The SMILES string of the molecule is CCn1cc(C#N)c(=O)n(CC(=O)N[C@@H](CC(C)C)c2ccccc2)c1=O. The van der Waals surface area contributed by atoms with Gasteiger partial charge in [-0.25, -0.2) is 9.36 Å². The van der Waals surface area contributed by atoms with Crippen molar-refractivity contribution in [2.24, 2.45) is 5.92 Å². The Morgan fingerprint density at radius 1 is 1.22 bits per heavy atom. The molecule has 1 heterocycles. The van der Waals surface area contributed by atoms with Crippen molar-refractivity contribution >= 4 is 5.91 Å². The summed E-state index contributed by atoms with van der Waals surface area (Å²) in [6.07, 6.45) is 1.95. The Morgan fingerprint density at radius 2 is 1.89 bits per heavy atom. The molecular weight excluding hydrogens is 344 g/mol. The van der Waals surface area contributed by atoms with Crippen LogP contribution in [0.15, 0.2) is 46.1 Å². The molecule has 0 aliphatic heterocycles. The van der Waals surface area contributed by atoms with Crippen LogP contribution in [0.2, 0.25) is 0 Å². The molecule has 1 aromatic carbocycles. The summed E-state index contributed by atoms with van der Waals surface area (Å²) in [6.45, 7) is 5.72. The van der Waals surface area contributed by atoms with Crippen LogP contribution in [-0.4, -0.2) is 15.0 Å². The van der Waals surface area contributed by atoms with Gasteiger partial charge < -0.3 is 5.32 Å². The average molecular weight is 368 g/mol. The molecule has 0 fully saturated rings. The van der Waals surface area contributed by atoms with E-state index in [1.165, 1.54) is 10.8 Å². The van der Waals surface area contributed by atoms with E-state index in [0.717, 1.165) is 16.6 Å². The van der Waals surface area contributed by atoms with E-state index in [1.807, 2.05) is 30.3 Å². The Bertz CT molecular complexity index is 952. The van der Waals surface area contributed by atoms with Crippen molar-refractivity contribution in [3.63, 3.8) is 0 Å². The number of carbonyl (C=O) groups excluding carboxylic acids is 1. The highest BCUT2D eigenvalue weighted by atomic mass is 16.2. The van der Waals surface area contributed by atoms with Crippen molar-refractivity contribution in [2.75, 3.05) is 0 Å². The van der Waals surface area contributed by atoms with Crippen molar-refractivity contribution in [3.8, 4) is 6.07 Å². The van der Waals surface area contributed by atoms with Crippen LogP contribution in [0, 0.1) is 17.2 Å². The maximum Gasteiger partial charge on any atom is 0.331 e. The van der Waals surface area contributed by atoms with E-state index in [1.54, 1.807) is 13.0 Å². The van der Waals surface area contributed by atoms with Gasteiger partial charge in [0.05, 0.1) is 6.04 Å². The van der Waals surface area contributed by atoms with Gasteiger partial charge in [0.15, 0.2) is 0 Å². The molecule has 1 amide bonds. The molecule has 0 aliphatic carbocycles.